The minimum absolute atomic E-state index is 0.145. The Bertz CT molecular complexity index is 1000. The summed E-state index contributed by atoms with van der Waals surface area (Å²) in [6.07, 6.45) is 1.89. The topological polar surface area (TPSA) is 59.2 Å². The lowest BCUT2D eigenvalue weighted by Gasteiger charge is -2.20. The summed E-state index contributed by atoms with van der Waals surface area (Å²) in [5, 5.41) is 9.42. The van der Waals surface area contributed by atoms with Gasteiger partial charge >= 0.3 is 0 Å². The summed E-state index contributed by atoms with van der Waals surface area (Å²) in [6, 6.07) is 12.2. The highest BCUT2D eigenvalue weighted by Gasteiger charge is 2.34. The number of carbonyl (C=O) groups is 1. The fraction of sp³-hybridized carbons (Fsp3) is 0.211. The Morgan fingerprint density at radius 1 is 1.04 bits per heavy atom. The zero-order valence-corrected chi connectivity index (χ0v) is 16.3. The monoisotopic (exact) mass is 421 g/mol. The highest BCUT2D eigenvalue weighted by Crippen LogP contribution is 2.32. The van der Waals surface area contributed by atoms with Crippen molar-refractivity contribution in [3.8, 4) is 11.5 Å². The van der Waals surface area contributed by atoms with E-state index in [1.807, 2.05) is 12.1 Å². The number of nitrogens with zero attached hydrogens (tertiary/aromatic N) is 3. The van der Waals surface area contributed by atoms with Crippen molar-refractivity contribution in [2.45, 2.75) is 25.4 Å². The number of hydrogen-bond donors (Lipinski definition) is 0. The standard InChI is InChI=1S/C19H14Cl3N3O2/c20-14-4-2-1-3-13(14)18-24-23-17(27-18)10-25(12-6-7-12)19(26)11-5-8-15(21)16(22)9-11/h1-5,8-9,12H,6-7,10H2. The summed E-state index contributed by atoms with van der Waals surface area (Å²) < 4.78 is 5.74. The lowest BCUT2D eigenvalue weighted by Crippen LogP contribution is -2.32. The molecule has 27 heavy (non-hydrogen) atoms. The van der Waals surface area contributed by atoms with E-state index in [1.54, 1.807) is 35.2 Å². The van der Waals surface area contributed by atoms with Crippen molar-refractivity contribution in [1.82, 2.24) is 15.1 Å². The molecule has 8 heteroatoms. The summed E-state index contributed by atoms with van der Waals surface area (Å²) in [5.41, 5.74) is 1.13. The Morgan fingerprint density at radius 2 is 1.81 bits per heavy atom. The number of halogens is 3. The van der Waals surface area contributed by atoms with Crippen LogP contribution in [0.3, 0.4) is 0 Å². The predicted octanol–water partition coefficient (Wildman–Crippen LogP) is 5.50. The second kappa shape index (κ2) is 7.50. The van der Waals surface area contributed by atoms with E-state index in [2.05, 4.69) is 10.2 Å². The summed E-state index contributed by atoms with van der Waals surface area (Å²) in [5.74, 6) is 0.534. The molecule has 0 N–H and O–H groups in total. The Balaban J connectivity index is 1.57. The van der Waals surface area contributed by atoms with E-state index in [0.29, 0.717) is 38.0 Å². The van der Waals surface area contributed by atoms with Crippen LogP contribution in [0.4, 0.5) is 0 Å². The van der Waals surface area contributed by atoms with Crippen LogP contribution in [0.2, 0.25) is 15.1 Å². The number of aromatic nitrogens is 2. The largest absolute Gasteiger partial charge is 0.419 e. The molecule has 0 unspecified atom stereocenters. The fourth-order valence-electron chi connectivity index (χ4n) is 2.75. The van der Waals surface area contributed by atoms with Gasteiger partial charge in [0.2, 0.25) is 11.8 Å². The van der Waals surface area contributed by atoms with Crippen molar-refractivity contribution in [2.24, 2.45) is 0 Å². The molecule has 5 nitrogen and oxygen atoms in total. The molecule has 0 atom stereocenters. The minimum atomic E-state index is -0.145. The van der Waals surface area contributed by atoms with Crippen molar-refractivity contribution in [3.05, 3.63) is 69.0 Å². The fourth-order valence-corrected chi connectivity index (χ4v) is 3.27. The smallest absolute Gasteiger partial charge is 0.254 e. The Hall–Kier alpha value is -2.08. The van der Waals surface area contributed by atoms with Crippen LogP contribution in [0.15, 0.2) is 46.9 Å². The molecule has 0 aliphatic heterocycles. The molecule has 1 saturated carbocycles. The van der Waals surface area contributed by atoms with Crippen molar-refractivity contribution < 1.29 is 9.21 Å². The van der Waals surface area contributed by atoms with Crippen LogP contribution in [0.1, 0.15) is 29.1 Å². The van der Waals surface area contributed by atoms with Crippen LogP contribution in [0, 0.1) is 0 Å². The molecule has 2 aromatic carbocycles. The van der Waals surface area contributed by atoms with Gasteiger partial charge in [0.05, 0.1) is 27.2 Å². The van der Waals surface area contributed by atoms with E-state index in [1.165, 1.54) is 0 Å². The van der Waals surface area contributed by atoms with Gasteiger partial charge in [-0.15, -0.1) is 10.2 Å². The van der Waals surface area contributed by atoms with Gasteiger partial charge in [-0.2, -0.15) is 0 Å². The number of hydrogen-bond acceptors (Lipinski definition) is 4. The average Bonchev–Trinajstić information content (AvgIpc) is 3.40. The first kappa shape index (κ1) is 18.3. The van der Waals surface area contributed by atoms with Crippen LogP contribution < -0.4 is 0 Å². The molecule has 138 valence electrons. The number of amides is 1. The predicted molar refractivity (Wildman–Crippen MR) is 104 cm³/mol. The highest BCUT2D eigenvalue weighted by molar-refractivity contribution is 6.42. The third-order valence-corrected chi connectivity index (χ3v) is 5.36. The summed E-state index contributed by atoms with van der Waals surface area (Å²) in [6.45, 7) is 0.223. The summed E-state index contributed by atoms with van der Waals surface area (Å²) in [4.78, 5) is 14.7. The minimum Gasteiger partial charge on any atom is -0.419 e. The maximum absolute atomic E-state index is 12.9. The lowest BCUT2D eigenvalue weighted by atomic mass is 10.2. The van der Waals surface area contributed by atoms with Gasteiger partial charge in [0.15, 0.2) is 0 Å². The zero-order valence-electron chi connectivity index (χ0n) is 14.0. The van der Waals surface area contributed by atoms with Gasteiger partial charge in [-0.1, -0.05) is 46.9 Å². The van der Waals surface area contributed by atoms with Crippen molar-refractivity contribution >= 4 is 40.7 Å². The number of rotatable bonds is 5. The quantitative estimate of drug-likeness (QED) is 0.544. The van der Waals surface area contributed by atoms with E-state index in [0.717, 1.165) is 12.8 Å². The van der Waals surface area contributed by atoms with E-state index < -0.39 is 0 Å². The molecular formula is C19H14Cl3N3O2. The van der Waals surface area contributed by atoms with E-state index in [-0.39, 0.29) is 18.5 Å². The van der Waals surface area contributed by atoms with Crippen molar-refractivity contribution in [1.29, 1.82) is 0 Å². The third kappa shape index (κ3) is 3.95. The molecule has 0 saturated heterocycles. The van der Waals surface area contributed by atoms with Gasteiger partial charge in [0, 0.05) is 11.6 Å². The molecule has 3 aromatic rings. The Morgan fingerprint density at radius 3 is 2.52 bits per heavy atom. The molecular weight excluding hydrogens is 409 g/mol. The third-order valence-electron chi connectivity index (χ3n) is 4.29. The van der Waals surface area contributed by atoms with Gasteiger partial charge in [0.25, 0.3) is 5.91 Å². The van der Waals surface area contributed by atoms with Gasteiger partial charge in [-0.25, -0.2) is 0 Å². The van der Waals surface area contributed by atoms with Gasteiger partial charge in [-0.3, -0.25) is 4.79 Å². The molecule has 4 rings (SSSR count). The Labute approximate surface area is 170 Å². The molecule has 1 fully saturated rings. The zero-order chi connectivity index (χ0) is 19.0. The molecule has 0 radical (unpaired) electrons. The maximum atomic E-state index is 12.9. The van der Waals surface area contributed by atoms with Crippen LogP contribution >= 0.6 is 34.8 Å². The van der Waals surface area contributed by atoms with Crippen LogP contribution in [-0.2, 0) is 6.54 Å². The molecule has 1 aromatic heterocycles. The maximum Gasteiger partial charge on any atom is 0.254 e. The molecule has 1 amide bonds. The first-order valence-electron chi connectivity index (χ1n) is 8.36. The summed E-state index contributed by atoms with van der Waals surface area (Å²) in [7, 11) is 0. The molecule has 1 heterocycles. The van der Waals surface area contributed by atoms with Crippen molar-refractivity contribution in [2.75, 3.05) is 0 Å². The summed E-state index contributed by atoms with van der Waals surface area (Å²) >= 11 is 18.2. The second-order valence-corrected chi connectivity index (χ2v) is 7.50. The van der Waals surface area contributed by atoms with Crippen LogP contribution in [-0.4, -0.2) is 27.0 Å². The normalized spacial score (nSPS) is 13.6. The Kier molecular flexibility index (Phi) is 5.08. The van der Waals surface area contributed by atoms with Gasteiger partial charge in [-0.05, 0) is 43.2 Å². The van der Waals surface area contributed by atoms with Crippen LogP contribution in [0.5, 0.6) is 0 Å². The van der Waals surface area contributed by atoms with Crippen LogP contribution in [0.25, 0.3) is 11.5 Å². The molecule has 1 aliphatic carbocycles. The highest BCUT2D eigenvalue weighted by atomic mass is 35.5. The van der Waals surface area contributed by atoms with E-state index >= 15 is 0 Å². The van der Waals surface area contributed by atoms with Gasteiger partial charge in [0.1, 0.15) is 0 Å². The van der Waals surface area contributed by atoms with E-state index in [4.69, 9.17) is 39.2 Å². The molecule has 1 aliphatic rings. The van der Waals surface area contributed by atoms with Gasteiger partial charge < -0.3 is 9.32 Å². The second-order valence-electron chi connectivity index (χ2n) is 6.27. The SMILES string of the molecule is O=C(c1ccc(Cl)c(Cl)c1)N(Cc1nnc(-c2ccccc2Cl)o1)C1CC1. The number of benzene rings is 2. The lowest BCUT2D eigenvalue weighted by molar-refractivity contribution is 0.0714. The first-order valence-corrected chi connectivity index (χ1v) is 9.49. The van der Waals surface area contributed by atoms with Crippen molar-refractivity contribution in [3.63, 3.8) is 0 Å². The average molecular weight is 423 g/mol. The number of carbonyl (C=O) groups excluding carboxylic acids is 1. The first-order chi connectivity index (χ1) is 13.0. The molecule has 0 spiro atoms. The molecule has 0 bridgehead atoms. The van der Waals surface area contributed by atoms with E-state index in [9.17, 15) is 4.79 Å².